The molecule has 2 heteroatoms. The topological polar surface area (TPSA) is 17.1 Å². The summed E-state index contributed by atoms with van der Waals surface area (Å²) in [5, 5.41) is -0.128. The van der Waals surface area contributed by atoms with Gasteiger partial charge in [0.25, 0.3) is 0 Å². The second kappa shape index (κ2) is 9.51. The molecule has 0 saturated carbocycles. The monoisotopic (exact) mass is 218 g/mol. The summed E-state index contributed by atoms with van der Waals surface area (Å²) >= 11 is 5.56. The van der Waals surface area contributed by atoms with Crippen LogP contribution < -0.4 is 0 Å². The van der Waals surface area contributed by atoms with Crippen molar-refractivity contribution in [1.82, 2.24) is 0 Å². The highest BCUT2D eigenvalue weighted by molar-refractivity contribution is 6.63. The minimum absolute atomic E-state index is 0.120. The van der Waals surface area contributed by atoms with Crippen LogP contribution in [0.4, 0.5) is 0 Å². The first-order chi connectivity index (χ1) is 6.72. The summed E-state index contributed by atoms with van der Waals surface area (Å²) in [4.78, 5) is 11.1. The Morgan fingerprint density at radius 3 is 1.71 bits per heavy atom. The van der Waals surface area contributed by atoms with Crippen LogP contribution in [0.3, 0.4) is 0 Å². The number of unbranched alkanes of at least 4 members (excludes halogenated alkanes) is 4. The molecule has 0 saturated heterocycles. The molecule has 0 aliphatic rings. The third kappa shape index (κ3) is 7.37. The molecule has 0 amide bonds. The highest BCUT2D eigenvalue weighted by Crippen LogP contribution is 2.19. The van der Waals surface area contributed by atoms with Gasteiger partial charge < -0.3 is 0 Å². The van der Waals surface area contributed by atoms with E-state index in [0.29, 0.717) is 0 Å². The highest BCUT2D eigenvalue weighted by atomic mass is 35.5. The zero-order valence-electron chi connectivity index (χ0n) is 9.52. The number of hydrogen-bond acceptors (Lipinski definition) is 1. The average Bonchev–Trinajstić information content (AvgIpc) is 2.15. The molecule has 0 rings (SSSR count). The van der Waals surface area contributed by atoms with E-state index in [-0.39, 0.29) is 11.2 Å². The van der Waals surface area contributed by atoms with E-state index in [1.165, 1.54) is 25.7 Å². The molecule has 0 atom stereocenters. The van der Waals surface area contributed by atoms with Gasteiger partial charge in [-0.2, -0.15) is 0 Å². The second-order valence-electron chi connectivity index (χ2n) is 3.99. The molecule has 0 aliphatic carbocycles. The quantitative estimate of drug-likeness (QED) is 0.411. The number of carbonyl (C=O) groups excluding carboxylic acids is 1. The number of carbonyl (C=O) groups is 1. The maximum atomic E-state index is 11.1. The minimum Gasteiger partial charge on any atom is -0.281 e. The van der Waals surface area contributed by atoms with Crippen molar-refractivity contribution in [2.45, 2.75) is 65.2 Å². The summed E-state index contributed by atoms with van der Waals surface area (Å²) < 4.78 is 0. The molecule has 1 nitrogen and oxygen atoms in total. The van der Waals surface area contributed by atoms with Crippen molar-refractivity contribution < 1.29 is 4.79 Å². The lowest BCUT2D eigenvalue weighted by Crippen LogP contribution is -2.08. The van der Waals surface area contributed by atoms with Gasteiger partial charge in [-0.1, -0.05) is 52.4 Å². The molecule has 0 fully saturated rings. The average molecular weight is 219 g/mol. The van der Waals surface area contributed by atoms with E-state index in [4.69, 9.17) is 11.6 Å². The van der Waals surface area contributed by atoms with Gasteiger partial charge in [0.2, 0.25) is 5.24 Å². The van der Waals surface area contributed by atoms with E-state index in [9.17, 15) is 4.79 Å². The first kappa shape index (κ1) is 14.0. The number of rotatable bonds is 9. The van der Waals surface area contributed by atoms with Crippen LogP contribution in [-0.2, 0) is 4.79 Å². The molecule has 0 bridgehead atoms. The summed E-state index contributed by atoms with van der Waals surface area (Å²) in [6.45, 7) is 4.35. The summed E-state index contributed by atoms with van der Waals surface area (Å²) in [5.74, 6) is 0.120. The Bertz CT molecular complexity index is 135. The molecule has 0 radical (unpaired) electrons. The van der Waals surface area contributed by atoms with E-state index in [1.54, 1.807) is 0 Å². The first-order valence-corrected chi connectivity index (χ1v) is 6.29. The summed E-state index contributed by atoms with van der Waals surface area (Å²) in [7, 11) is 0. The molecule has 0 aromatic rings. The highest BCUT2D eigenvalue weighted by Gasteiger charge is 2.14. The fourth-order valence-corrected chi connectivity index (χ4v) is 1.87. The zero-order valence-corrected chi connectivity index (χ0v) is 10.3. The number of hydrogen-bond donors (Lipinski definition) is 0. The maximum Gasteiger partial charge on any atom is 0.224 e. The van der Waals surface area contributed by atoms with Gasteiger partial charge in [0.1, 0.15) is 0 Å². The van der Waals surface area contributed by atoms with Gasteiger partial charge >= 0.3 is 0 Å². The summed E-state index contributed by atoms with van der Waals surface area (Å²) in [6.07, 6.45) is 9.11. The van der Waals surface area contributed by atoms with E-state index in [2.05, 4.69) is 13.8 Å². The van der Waals surface area contributed by atoms with Crippen molar-refractivity contribution in [3.05, 3.63) is 0 Å². The van der Waals surface area contributed by atoms with Gasteiger partial charge in [0.05, 0.1) is 0 Å². The normalized spacial score (nSPS) is 10.9. The molecule has 0 unspecified atom stereocenters. The standard InChI is InChI=1S/C12H23ClO/c1-3-5-7-9-11(12(13)14)10-8-6-4-2/h11H,3-10H2,1-2H3. The number of halogens is 1. The van der Waals surface area contributed by atoms with E-state index in [0.717, 1.165) is 25.7 Å². The van der Waals surface area contributed by atoms with Crippen molar-refractivity contribution in [3.8, 4) is 0 Å². The first-order valence-electron chi connectivity index (χ1n) is 5.91. The van der Waals surface area contributed by atoms with Gasteiger partial charge in [-0.15, -0.1) is 0 Å². The predicted molar refractivity (Wildman–Crippen MR) is 62.6 cm³/mol. The Morgan fingerprint density at radius 1 is 1.00 bits per heavy atom. The van der Waals surface area contributed by atoms with Crippen LogP contribution in [0.5, 0.6) is 0 Å². The van der Waals surface area contributed by atoms with E-state index in [1.807, 2.05) is 0 Å². The van der Waals surface area contributed by atoms with Gasteiger partial charge in [-0.05, 0) is 24.4 Å². The SMILES string of the molecule is CCCCCC(CCCCC)C(=O)Cl. The van der Waals surface area contributed by atoms with Crippen molar-refractivity contribution >= 4 is 16.8 Å². The Morgan fingerprint density at radius 2 is 1.43 bits per heavy atom. The predicted octanol–water partition coefficient (Wildman–Crippen LogP) is 4.53. The van der Waals surface area contributed by atoms with Crippen LogP contribution in [0, 0.1) is 5.92 Å². The van der Waals surface area contributed by atoms with Gasteiger partial charge in [-0.25, -0.2) is 0 Å². The van der Waals surface area contributed by atoms with Crippen LogP contribution in [0.1, 0.15) is 65.2 Å². The van der Waals surface area contributed by atoms with Gasteiger partial charge in [-0.3, -0.25) is 4.79 Å². The van der Waals surface area contributed by atoms with Crippen molar-refractivity contribution in [3.63, 3.8) is 0 Å². The third-order valence-electron chi connectivity index (χ3n) is 2.63. The fourth-order valence-electron chi connectivity index (χ4n) is 1.65. The molecule has 0 spiro atoms. The molecule has 0 aromatic carbocycles. The van der Waals surface area contributed by atoms with Crippen LogP contribution in [-0.4, -0.2) is 5.24 Å². The van der Waals surface area contributed by atoms with Crippen molar-refractivity contribution in [1.29, 1.82) is 0 Å². The Balaban J connectivity index is 3.61. The lowest BCUT2D eigenvalue weighted by molar-refractivity contribution is -0.115. The van der Waals surface area contributed by atoms with Gasteiger partial charge in [0.15, 0.2) is 0 Å². The Kier molecular flexibility index (Phi) is 9.49. The van der Waals surface area contributed by atoms with Crippen LogP contribution >= 0.6 is 11.6 Å². The molecule has 84 valence electrons. The smallest absolute Gasteiger partial charge is 0.224 e. The van der Waals surface area contributed by atoms with Gasteiger partial charge in [0, 0.05) is 5.92 Å². The lowest BCUT2D eigenvalue weighted by atomic mass is 9.96. The molecule has 0 heterocycles. The van der Waals surface area contributed by atoms with Crippen LogP contribution in [0.2, 0.25) is 0 Å². The van der Waals surface area contributed by atoms with E-state index < -0.39 is 0 Å². The molecule has 0 N–H and O–H groups in total. The minimum atomic E-state index is -0.128. The van der Waals surface area contributed by atoms with Crippen molar-refractivity contribution in [2.75, 3.05) is 0 Å². The van der Waals surface area contributed by atoms with E-state index >= 15 is 0 Å². The second-order valence-corrected chi connectivity index (χ2v) is 4.37. The van der Waals surface area contributed by atoms with Crippen LogP contribution in [0.15, 0.2) is 0 Å². The summed E-state index contributed by atoms with van der Waals surface area (Å²) in [6, 6.07) is 0. The molecule has 0 aromatic heterocycles. The molecule has 0 aliphatic heterocycles. The Hall–Kier alpha value is -0.0400. The third-order valence-corrected chi connectivity index (χ3v) is 2.94. The largest absolute Gasteiger partial charge is 0.281 e. The van der Waals surface area contributed by atoms with Crippen LogP contribution in [0.25, 0.3) is 0 Å². The zero-order chi connectivity index (χ0) is 10.8. The fraction of sp³-hybridized carbons (Fsp3) is 0.917. The summed E-state index contributed by atoms with van der Waals surface area (Å²) in [5.41, 5.74) is 0. The van der Waals surface area contributed by atoms with Crippen molar-refractivity contribution in [2.24, 2.45) is 5.92 Å². The Labute approximate surface area is 93.2 Å². The molecular weight excluding hydrogens is 196 g/mol. The molecule has 14 heavy (non-hydrogen) atoms. The lowest BCUT2D eigenvalue weighted by Gasteiger charge is -2.11. The molecular formula is C12H23ClO. The maximum absolute atomic E-state index is 11.1.